The Morgan fingerprint density at radius 1 is 1.43 bits per heavy atom. The molecule has 0 saturated carbocycles. The lowest BCUT2D eigenvalue weighted by Gasteiger charge is -2.25. The number of hydrogen-bond acceptors (Lipinski definition) is 8. The van der Waals surface area contributed by atoms with Crippen LogP contribution in [0.25, 0.3) is 0 Å². The molecular weight excluding hydrogens is 296 g/mol. The molecule has 2 rings (SSSR count). The van der Waals surface area contributed by atoms with Gasteiger partial charge in [0.2, 0.25) is 11.9 Å². The molecule has 0 spiro atoms. The van der Waals surface area contributed by atoms with Crippen molar-refractivity contribution in [3.63, 3.8) is 0 Å². The molecule has 118 valence electrons. The summed E-state index contributed by atoms with van der Waals surface area (Å²) >= 11 is 5.25. The minimum absolute atomic E-state index is 0.236. The first-order valence-electron chi connectivity index (χ1n) is 6.54. The van der Waals surface area contributed by atoms with Gasteiger partial charge >= 0.3 is 0 Å². The molecule has 1 aromatic rings. The van der Waals surface area contributed by atoms with Crippen molar-refractivity contribution < 1.29 is 14.2 Å². The maximum Gasteiger partial charge on any atom is 0.247 e. The van der Waals surface area contributed by atoms with Crippen LogP contribution in [0.2, 0.25) is 0 Å². The van der Waals surface area contributed by atoms with E-state index in [1.807, 2.05) is 4.90 Å². The molecule has 0 bridgehead atoms. The van der Waals surface area contributed by atoms with E-state index in [-0.39, 0.29) is 5.95 Å². The van der Waals surface area contributed by atoms with Crippen LogP contribution >= 0.6 is 12.2 Å². The topological polar surface area (TPSA) is 99.7 Å². The zero-order chi connectivity index (χ0) is 15.2. The number of methoxy groups -OCH3 is 2. The van der Waals surface area contributed by atoms with Crippen LogP contribution in [0, 0.1) is 0 Å². The largest absolute Gasteiger partial charge is 0.378 e. The number of ether oxygens (including phenoxy) is 3. The van der Waals surface area contributed by atoms with Crippen molar-refractivity contribution >= 4 is 29.2 Å². The van der Waals surface area contributed by atoms with Crippen LogP contribution in [-0.4, -0.2) is 73.2 Å². The minimum atomic E-state index is -0.397. The molecule has 2 heterocycles. The molecule has 0 aromatic carbocycles. The molecule has 1 aromatic heterocycles. The van der Waals surface area contributed by atoms with Crippen molar-refractivity contribution in [3.8, 4) is 0 Å². The van der Waals surface area contributed by atoms with Gasteiger partial charge in [-0.25, -0.2) is 0 Å². The quantitative estimate of drug-likeness (QED) is 0.525. The monoisotopic (exact) mass is 316 g/mol. The van der Waals surface area contributed by atoms with Gasteiger partial charge in [0, 0.05) is 27.3 Å². The number of nitrogens with zero attached hydrogens (tertiary/aromatic N) is 4. The maximum atomic E-state index is 5.86. The van der Waals surface area contributed by atoms with Gasteiger partial charge in [-0.15, -0.1) is 5.10 Å². The van der Waals surface area contributed by atoms with Crippen molar-refractivity contribution in [2.45, 2.75) is 6.29 Å². The van der Waals surface area contributed by atoms with E-state index in [2.05, 4.69) is 15.4 Å². The molecule has 1 aliphatic heterocycles. The summed E-state index contributed by atoms with van der Waals surface area (Å²) < 4.78 is 16.8. The number of nitrogens with one attached hydrogen (secondary N) is 1. The fraction of sp³-hybridized carbons (Fsp3) is 0.727. The zero-order valence-corrected chi connectivity index (χ0v) is 12.9. The average molecular weight is 316 g/mol. The molecule has 3 N–H and O–H groups in total. The molecule has 0 aliphatic carbocycles. The highest BCUT2D eigenvalue weighted by Crippen LogP contribution is 2.12. The first-order valence-corrected chi connectivity index (χ1v) is 6.95. The third-order valence-corrected chi connectivity index (χ3v) is 3.37. The molecule has 21 heavy (non-hydrogen) atoms. The molecule has 0 unspecified atom stereocenters. The summed E-state index contributed by atoms with van der Waals surface area (Å²) in [7, 11) is 3.11. The van der Waals surface area contributed by atoms with Gasteiger partial charge in [0.05, 0.1) is 19.8 Å². The van der Waals surface area contributed by atoms with Gasteiger partial charge in [-0.05, 0) is 12.2 Å². The third kappa shape index (κ3) is 4.00. The van der Waals surface area contributed by atoms with Gasteiger partial charge < -0.3 is 30.2 Å². The summed E-state index contributed by atoms with van der Waals surface area (Å²) in [5, 5.41) is 7.65. The first-order chi connectivity index (χ1) is 10.2. The highest BCUT2D eigenvalue weighted by molar-refractivity contribution is 7.80. The van der Waals surface area contributed by atoms with Crippen molar-refractivity contribution in [3.05, 3.63) is 0 Å². The summed E-state index contributed by atoms with van der Waals surface area (Å²) in [4.78, 5) is 6.24. The highest BCUT2D eigenvalue weighted by Gasteiger charge is 2.19. The summed E-state index contributed by atoms with van der Waals surface area (Å²) in [6.45, 7) is 3.16. The molecule has 1 saturated heterocycles. The predicted octanol–water partition coefficient (Wildman–Crippen LogP) is -0.962. The van der Waals surface area contributed by atoms with Crippen LogP contribution in [0.15, 0.2) is 0 Å². The average Bonchev–Trinajstić information content (AvgIpc) is 2.91. The number of anilines is 2. The Labute approximate surface area is 128 Å². The molecule has 0 atom stereocenters. The normalized spacial score (nSPS) is 15.5. The molecule has 10 heteroatoms. The summed E-state index contributed by atoms with van der Waals surface area (Å²) in [6.07, 6.45) is -0.397. The number of rotatable bonds is 5. The zero-order valence-electron chi connectivity index (χ0n) is 12.1. The molecule has 1 fully saturated rings. The van der Waals surface area contributed by atoms with Crippen molar-refractivity contribution in [1.82, 2.24) is 20.1 Å². The molecule has 0 amide bonds. The van der Waals surface area contributed by atoms with Gasteiger partial charge in [-0.1, -0.05) is 0 Å². The van der Waals surface area contributed by atoms with Crippen LogP contribution in [-0.2, 0) is 14.2 Å². The number of nitrogens with two attached hydrogens (primary N) is 1. The van der Waals surface area contributed by atoms with E-state index in [9.17, 15) is 0 Å². The lowest BCUT2D eigenvalue weighted by atomic mass is 10.4. The first kappa shape index (κ1) is 15.9. The fourth-order valence-electron chi connectivity index (χ4n) is 1.87. The van der Waals surface area contributed by atoms with Crippen LogP contribution in [0.5, 0.6) is 0 Å². The van der Waals surface area contributed by atoms with E-state index in [0.29, 0.717) is 30.8 Å². The Morgan fingerprint density at radius 2 is 2.10 bits per heavy atom. The Kier molecular flexibility index (Phi) is 5.67. The van der Waals surface area contributed by atoms with Gasteiger partial charge in [0.25, 0.3) is 0 Å². The summed E-state index contributed by atoms with van der Waals surface area (Å²) in [6, 6.07) is 0. The Bertz CT molecular complexity index is 473. The second-order valence-electron chi connectivity index (χ2n) is 4.37. The van der Waals surface area contributed by atoms with E-state index in [1.165, 1.54) is 4.68 Å². The molecule has 9 nitrogen and oxygen atoms in total. The third-order valence-electron chi connectivity index (χ3n) is 3.05. The van der Waals surface area contributed by atoms with E-state index in [4.69, 9.17) is 32.2 Å². The van der Waals surface area contributed by atoms with Gasteiger partial charge in [-0.3, -0.25) is 0 Å². The molecule has 1 aliphatic rings. The van der Waals surface area contributed by atoms with E-state index < -0.39 is 6.29 Å². The van der Waals surface area contributed by atoms with Crippen molar-refractivity contribution in [2.24, 2.45) is 0 Å². The van der Waals surface area contributed by atoms with Crippen LogP contribution < -0.4 is 16.0 Å². The second-order valence-corrected chi connectivity index (χ2v) is 4.75. The van der Waals surface area contributed by atoms with Crippen molar-refractivity contribution in [1.29, 1.82) is 0 Å². The molecular formula is C11H20N6O3S. The lowest BCUT2D eigenvalue weighted by Crippen LogP contribution is -2.38. The van der Waals surface area contributed by atoms with Crippen LogP contribution in [0.4, 0.5) is 11.9 Å². The number of nitrogen functional groups attached to an aromatic ring is 1. The van der Waals surface area contributed by atoms with Crippen molar-refractivity contribution in [2.75, 3.05) is 57.7 Å². The van der Waals surface area contributed by atoms with Crippen LogP contribution in [0.1, 0.15) is 0 Å². The van der Waals surface area contributed by atoms with E-state index in [0.717, 1.165) is 13.1 Å². The van der Waals surface area contributed by atoms with E-state index in [1.54, 1.807) is 14.2 Å². The Hall–Kier alpha value is -1.49. The number of aromatic nitrogens is 3. The van der Waals surface area contributed by atoms with Gasteiger partial charge in [0.1, 0.15) is 0 Å². The Morgan fingerprint density at radius 3 is 2.71 bits per heavy atom. The predicted molar refractivity (Wildman–Crippen MR) is 81.3 cm³/mol. The number of morpholine rings is 1. The lowest BCUT2D eigenvalue weighted by molar-refractivity contribution is -0.0965. The van der Waals surface area contributed by atoms with E-state index >= 15 is 0 Å². The number of hydrogen-bond donors (Lipinski definition) is 2. The summed E-state index contributed by atoms with van der Waals surface area (Å²) in [5.74, 6) is 0.787. The van der Waals surface area contributed by atoms with Gasteiger partial charge in [-0.2, -0.15) is 9.67 Å². The SMILES string of the molecule is COC(CNC(=S)n1nc(N2CCOCC2)nc1N)OC. The Balaban J connectivity index is 1.99. The smallest absolute Gasteiger partial charge is 0.247 e. The fourth-order valence-corrected chi connectivity index (χ4v) is 2.09. The van der Waals surface area contributed by atoms with Crippen LogP contribution in [0.3, 0.4) is 0 Å². The number of thiocarbonyl (C=S) groups is 1. The standard InChI is InChI=1S/C11H20N6O3S/c1-18-8(19-2)7-13-11(21)17-9(12)14-10(15-17)16-3-5-20-6-4-16/h8H,3-7H2,1-2H3,(H,13,21)(H2,12,14,15). The minimum Gasteiger partial charge on any atom is -0.378 e. The second kappa shape index (κ2) is 7.50. The summed E-state index contributed by atoms with van der Waals surface area (Å²) in [5.41, 5.74) is 5.86. The molecule has 0 radical (unpaired) electrons. The van der Waals surface area contributed by atoms with Gasteiger partial charge in [0.15, 0.2) is 11.4 Å². The maximum absolute atomic E-state index is 5.86. The highest BCUT2D eigenvalue weighted by atomic mass is 32.1.